The van der Waals surface area contributed by atoms with Gasteiger partial charge >= 0.3 is 5.97 Å². The van der Waals surface area contributed by atoms with E-state index in [1.165, 1.54) is 26.0 Å². The molecule has 3 amide bonds. The number of aryl methyl sites for hydroxylation is 1. The zero-order chi connectivity index (χ0) is 25.0. The summed E-state index contributed by atoms with van der Waals surface area (Å²) in [4.78, 5) is 53.0. The Morgan fingerprint density at radius 1 is 0.971 bits per heavy atom. The number of hydrogen-bond donors (Lipinski definition) is 0. The minimum absolute atomic E-state index is 0.249. The van der Waals surface area contributed by atoms with Gasteiger partial charge in [0.25, 0.3) is 17.7 Å². The second-order valence-corrected chi connectivity index (χ2v) is 7.91. The maximum absolute atomic E-state index is 12.7. The second-order valence-electron chi connectivity index (χ2n) is 7.91. The monoisotopic (exact) mass is 468 g/mol. The molecule has 9 heteroatoms. The van der Waals surface area contributed by atoms with Crippen molar-refractivity contribution in [3.63, 3.8) is 0 Å². The van der Waals surface area contributed by atoms with E-state index in [0.717, 1.165) is 16.0 Å². The van der Waals surface area contributed by atoms with Crippen LogP contribution in [0.1, 0.15) is 45.7 Å². The molecule has 0 N–H and O–H groups in total. The lowest BCUT2D eigenvalue weighted by Crippen LogP contribution is -2.44. The maximum atomic E-state index is 12.7. The van der Waals surface area contributed by atoms with E-state index in [1.807, 2.05) is 19.9 Å². The van der Waals surface area contributed by atoms with Crippen molar-refractivity contribution in [2.45, 2.75) is 33.4 Å². The average molecular weight is 469 g/mol. The van der Waals surface area contributed by atoms with Gasteiger partial charge in [0.2, 0.25) is 0 Å². The van der Waals surface area contributed by atoms with E-state index >= 15 is 0 Å². The van der Waals surface area contributed by atoms with Crippen molar-refractivity contribution in [1.82, 2.24) is 9.80 Å². The minimum Gasteiger partial charge on any atom is -0.493 e. The molecule has 2 aromatic rings. The minimum atomic E-state index is -1.17. The lowest BCUT2D eigenvalue weighted by molar-refractivity contribution is -0.155. The molecule has 0 saturated carbocycles. The molecule has 9 nitrogen and oxygen atoms in total. The molecule has 1 atom stereocenters. The van der Waals surface area contributed by atoms with Gasteiger partial charge in [-0.2, -0.15) is 0 Å². The molecule has 1 unspecified atom stereocenters. The van der Waals surface area contributed by atoms with E-state index in [-0.39, 0.29) is 17.7 Å². The number of benzene rings is 2. The first kappa shape index (κ1) is 24.8. The van der Waals surface area contributed by atoms with Crippen molar-refractivity contribution in [2.75, 3.05) is 27.4 Å². The largest absolute Gasteiger partial charge is 0.493 e. The number of esters is 1. The topological polar surface area (TPSA) is 102 Å². The summed E-state index contributed by atoms with van der Waals surface area (Å²) in [6.07, 6.45) is 0. The zero-order valence-electron chi connectivity index (χ0n) is 19.9. The third kappa shape index (κ3) is 4.88. The highest BCUT2D eigenvalue weighted by Crippen LogP contribution is 2.28. The summed E-state index contributed by atoms with van der Waals surface area (Å²) in [7, 11) is 3.07. The van der Waals surface area contributed by atoms with Crippen LogP contribution in [-0.4, -0.2) is 66.9 Å². The van der Waals surface area contributed by atoms with Gasteiger partial charge in [-0.1, -0.05) is 17.7 Å². The number of likely N-dealkylation sites (N-methyl/N-ethyl adjacent to an activating group) is 1. The van der Waals surface area contributed by atoms with Gasteiger partial charge in [0.15, 0.2) is 18.1 Å². The maximum Gasteiger partial charge on any atom is 0.329 e. The summed E-state index contributed by atoms with van der Waals surface area (Å²) in [5.41, 5.74) is 2.15. The van der Waals surface area contributed by atoms with Crippen LogP contribution >= 0.6 is 0 Å². The fourth-order valence-electron chi connectivity index (χ4n) is 3.75. The van der Waals surface area contributed by atoms with Crippen LogP contribution in [0.2, 0.25) is 0 Å². The standard InChI is InChI=1S/C25H28N2O7/c1-6-26(13-17-8-10-20(32-4)21(12-17)33-5)22(28)14-34-25(31)16(3)27-23(29)18-9-7-15(2)11-19(18)24(27)30/h7-12,16H,6,13-14H2,1-5H3. The van der Waals surface area contributed by atoms with Crippen molar-refractivity contribution in [2.24, 2.45) is 0 Å². The quantitative estimate of drug-likeness (QED) is 0.412. The van der Waals surface area contributed by atoms with E-state index in [9.17, 15) is 19.2 Å². The molecular weight excluding hydrogens is 440 g/mol. The first-order valence-corrected chi connectivity index (χ1v) is 10.9. The van der Waals surface area contributed by atoms with Crippen molar-refractivity contribution in [3.8, 4) is 11.5 Å². The molecule has 34 heavy (non-hydrogen) atoms. The smallest absolute Gasteiger partial charge is 0.329 e. The number of methoxy groups -OCH3 is 2. The number of amides is 3. The number of hydrogen-bond acceptors (Lipinski definition) is 7. The number of carbonyl (C=O) groups excluding carboxylic acids is 4. The van der Waals surface area contributed by atoms with Crippen LogP contribution in [0.5, 0.6) is 11.5 Å². The van der Waals surface area contributed by atoms with Gasteiger partial charge in [-0.3, -0.25) is 19.3 Å². The van der Waals surface area contributed by atoms with Gasteiger partial charge in [-0.25, -0.2) is 4.79 Å². The van der Waals surface area contributed by atoms with Crippen LogP contribution in [0.15, 0.2) is 36.4 Å². The highest BCUT2D eigenvalue weighted by Gasteiger charge is 2.41. The number of carbonyl (C=O) groups is 4. The molecule has 1 aliphatic heterocycles. The van der Waals surface area contributed by atoms with E-state index < -0.39 is 36.3 Å². The lowest BCUT2D eigenvalue weighted by Gasteiger charge is -2.23. The summed E-state index contributed by atoms with van der Waals surface area (Å²) in [5.74, 6) is -1.23. The predicted molar refractivity (Wildman–Crippen MR) is 123 cm³/mol. The van der Waals surface area contributed by atoms with Crippen LogP contribution in [0.4, 0.5) is 0 Å². The number of fused-ring (bicyclic) bond motifs is 1. The Kier molecular flexibility index (Phi) is 7.55. The molecule has 180 valence electrons. The van der Waals surface area contributed by atoms with Gasteiger partial charge < -0.3 is 19.1 Å². The van der Waals surface area contributed by atoms with Crippen LogP contribution < -0.4 is 9.47 Å². The zero-order valence-corrected chi connectivity index (χ0v) is 19.9. The molecule has 1 aliphatic rings. The Hall–Kier alpha value is -3.88. The van der Waals surface area contributed by atoms with Crippen LogP contribution in [0, 0.1) is 6.92 Å². The van der Waals surface area contributed by atoms with E-state index in [0.29, 0.717) is 18.0 Å². The second kappa shape index (κ2) is 10.4. The van der Waals surface area contributed by atoms with Gasteiger partial charge in [0.1, 0.15) is 6.04 Å². The fourth-order valence-corrected chi connectivity index (χ4v) is 3.75. The molecule has 1 heterocycles. The number of nitrogens with zero attached hydrogens (tertiary/aromatic N) is 2. The normalized spacial score (nSPS) is 13.4. The number of ether oxygens (including phenoxy) is 3. The third-order valence-corrected chi connectivity index (χ3v) is 5.70. The Bertz CT molecular complexity index is 1130. The summed E-state index contributed by atoms with van der Waals surface area (Å²) in [5, 5.41) is 0. The predicted octanol–water partition coefficient (Wildman–Crippen LogP) is 2.59. The average Bonchev–Trinajstić information content (AvgIpc) is 3.08. The highest BCUT2D eigenvalue weighted by molar-refractivity contribution is 6.22. The summed E-state index contributed by atoms with van der Waals surface area (Å²) in [6.45, 7) is 5.18. The molecule has 0 aromatic heterocycles. The number of imide groups is 1. The van der Waals surface area contributed by atoms with E-state index in [4.69, 9.17) is 14.2 Å². The molecule has 3 rings (SSSR count). The summed E-state index contributed by atoms with van der Waals surface area (Å²) in [6, 6.07) is 9.08. The van der Waals surface area contributed by atoms with Crippen molar-refractivity contribution < 1.29 is 33.4 Å². The molecule has 0 radical (unpaired) electrons. The molecular formula is C25H28N2O7. The molecule has 0 bridgehead atoms. The van der Waals surface area contributed by atoms with Crippen molar-refractivity contribution in [1.29, 1.82) is 0 Å². The van der Waals surface area contributed by atoms with Crippen LogP contribution in [-0.2, 0) is 20.9 Å². The van der Waals surface area contributed by atoms with Crippen molar-refractivity contribution in [3.05, 3.63) is 58.7 Å². The van der Waals surface area contributed by atoms with Crippen LogP contribution in [0.3, 0.4) is 0 Å². The highest BCUT2D eigenvalue weighted by atomic mass is 16.5. The molecule has 0 saturated heterocycles. The number of rotatable bonds is 9. The SMILES string of the molecule is CCN(Cc1ccc(OC)c(OC)c1)C(=O)COC(=O)C(C)N1C(=O)c2ccc(C)cc2C1=O. The van der Waals surface area contributed by atoms with Gasteiger partial charge in [0, 0.05) is 13.1 Å². The molecule has 0 fully saturated rings. The summed E-state index contributed by atoms with van der Waals surface area (Å²) >= 11 is 0. The Balaban J connectivity index is 1.62. The van der Waals surface area contributed by atoms with Gasteiger partial charge in [0.05, 0.1) is 25.3 Å². The molecule has 0 aliphatic carbocycles. The fraction of sp³-hybridized carbons (Fsp3) is 0.360. The third-order valence-electron chi connectivity index (χ3n) is 5.70. The first-order chi connectivity index (χ1) is 16.2. The van der Waals surface area contributed by atoms with E-state index in [1.54, 1.807) is 30.3 Å². The van der Waals surface area contributed by atoms with E-state index in [2.05, 4.69) is 0 Å². The molecule has 0 spiro atoms. The van der Waals surface area contributed by atoms with Gasteiger partial charge in [-0.05, 0) is 50.6 Å². The lowest BCUT2D eigenvalue weighted by atomic mass is 10.1. The Labute approximate surface area is 198 Å². The van der Waals surface area contributed by atoms with Crippen LogP contribution in [0.25, 0.3) is 0 Å². The van der Waals surface area contributed by atoms with Gasteiger partial charge in [-0.15, -0.1) is 0 Å². The Morgan fingerprint density at radius 3 is 2.29 bits per heavy atom. The first-order valence-electron chi connectivity index (χ1n) is 10.9. The molecule has 2 aromatic carbocycles. The van der Waals surface area contributed by atoms with Crippen molar-refractivity contribution >= 4 is 23.7 Å². The Morgan fingerprint density at radius 2 is 1.65 bits per heavy atom. The summed E-state index contributed by atoms with van der Waals surface area (Å²) < 4.78 is 15.7.